The van der Waals surface area contributed by atoms with Gasteiger partial charge in [0.25, 0.3) is 0 Å². The summed E-state index contributed by atoms with van der Waals surface area (Å²) in [6, 6.07) is 6.83. The highest BCUT2D eigenvalue weighted by Gasteiger charge is 2.15. The second kappa shape index (κ2) is 6.67. The van der Waals surface area contributed by atoms with Gasteiger partial charge in [0.1, 0.15) is 5.82 Å². The number of hydrogen-bond donors (Lipinski definition) is 2. The molecule has 0 saturated carbocycles. The molecule has 0 aliphatic carbocycles. The highest BCUT2D eigenvalue weighted by molar-refractivity contribution is 9.13. The first-order valence-electron chi connectivity index (χ1n) is 5.37. The molecule has 1 aromatic heterocycles. The predicted octanol–water partition coefficient (Wildman–Crippen LogP) is 5.29. The maximum atomic E-state index is 13.2. The Balaban J connectivity index is 2.21. The lowest BCUT2D eigenvalue weighted by molar-refractivity contribution is 0.621. The van der Waals surface area contributed by atoms with Gasteiger partial charge < -0.3 is 11.1 Å². The van der Waals surface area contributed by atoms with Gasteiger partial charge in [0.05, 0.1) is 14.3 Å². The van der Waals surface area contributed by atoms with Gasteiger partial charge >= 0.3 is 0 Å². The summed E-state index contributed by atoms with van der Waals surface area (Å²) < 4.78 is 15.7. The molecule has 0 radical (unpaired) electrons. The van der Waals surface area contributed by atoms with Crippen molar-refractivity contribution in [3.8, 4) is 0 Å². The first-order valence-corrected chi connectivity index (χ1v) is 8.57. The molecule has 2 nitrogen and oxygen atoms in total. The third kappa shape index (κ3) is 3.78. The van der Waals surface area contributed by atoms with E-state index in [4.69, 9.17) is 5.73 Å². The second-order valence-electron chi connectivity index (χ2n) is 3.83. The van der Waals surface area contributed by atoms with Crippen LogP contribution in [-0.4, -0.2) is 6.54 Å². The van der Waals surface area contributed by atoms with E-state index in [0.717, 1.165) is 18.8 Å². The number of nitrogens with one attached hydrogen (secondary N) is 1. The number of benzene rings is 1. The Morgan fingerprint density at radius 3 is 2.47 bits per heavy atom. The molecule has 2 rings (SSSR count). The zero-order valence-electron chi connectivity index (χ0n) is 9.59. The number of halogens is 4. The van der Waals surface area contributed by atoms with Crippen LogP contribution in [0.15, 0.2) is 37.0 Å². The SMILES string of the molecule is NCC(Nc1ccc(F)c(Br)c1)c1cc(Br)c(Br)s1. The van der Waals surface area contributed by atoms with E-state index in [9.17, 15) is 4.39 Å². The number of thiophene rings is 1. The highest BCUT2D eigenvalue weighted by Crippen LogP contribution is 2.36. The minimum atomic E-state index is -0.281. The molecule has 102 valence electrons. The molecule has 19 heavy (non-hydrogen) atoms. The van der Waals surface area contributed by atoms with E-state index in [1.165, 1.54) is 6.07 Å². The summed E-state index contributed by atoms with van der Waals surface area (Å²) in [5.41, 5.74) is 6.63. The van der Waals surface area contributed by atoms with Gasteiger partial charge in [-0.25, -0.2) is 4.39 Å². The molecule has 0 fully saturated rings. The van der Waals surface area contributed by atoms with Crippen LogP contribution in [0.5, 0.6) is 0 Å². The van der Waals surface area contributed by atoms with Gasteiger partial charge in [0, 0.05) is 21.6 Å². The van der Waals surface area contributed by atoms with E-state index in [1.807, 2.05) is 6.07 Å². The van der Waals surface area contributed by atoms with Crippen LogP contribution in [0.25, 0.3) is 0 Å². The number of nitrogens with two attached hydrogens (primary N) is 1. The topological polar surface area (TPSA) is 38.0 Å². The zero-order valence-corrected chi connectivity index (χ0v) is 15.2. The molecule has 3 N–H and O–H groups in total. The smallest absolute Gasteiger partial charge is 0.137 e. The predicted molar refractivity (Wildman–Crippen MR) is 89.2 cm³/mol. The lowest BCUT2D eigenvalue weighted by Crippen LogP contribution is -2.19. The van der Waals surface area contributed by atoms with Crippen molar-refractivity contribution in [2.45, 2.75) is 6.04 Å². The molecule has 1 atom stereocenters. The van der Waals surface area contributed by atoms with Crippen LogP contribution in [0.2, 0.25) is 0 Å². The highest BCUT2D eigenvalue weighted by atomic mass is 79.9. The van der Waals surface area contributed by atoms with Crippen molar-refractivity contribution in [1.29, 1.82) is 0 Å². The van der Waals surface area contributed by atoms with Crippen molar-refractivity contribution in [2.75, 3.05) is 11.9 Å². The normalized spacial score (nSPS) is 12.5. The molecule has 2 aromatic rings. The van der Waals surface area contributed by atoms with Crippen LogP contribution in [0.4, 0.5) is 10.1 Å². The van der Waals surface area contributed by atoms with E-state index in [-0.39, 0.29) is 11.9 Å². The summed E-state index contributed by atoms with van der Waals surface area (Å²) in [4.78, 5) is 1.11. The fourth-order valence-electron chi connectivity index (χ4n) is 1.57. The number of anilines is 1. The Bertz CT molecular complexity index is 569. The second-order valence-corrected chi connectivity index (χ2v) is 7.94. The van der Waals surface area contributed by atoms with Crippen molar-refractivity contribution in [3.63, 3.8) is 0 Å². The average molecular weight is 473 g/mol. The lowest BCUT2D eigenvalue weighted by atomic mass is 10.2. The summed E-state index contributed by atoms with van der Waals surface area (Å²) in [5.74, 6) is -0.281. The molecule has 0 saturated heterocycles. The Labute approximate surface area is 140 Å². The lowest BCUT2D eigenvalue weighted by Gasteiger charge is -2.17. The van der Waals surface area contributed by atoms with Crippen molar-refractivity contribution in [1.82, 2.24) is 0 Å². The van der Waals surface area contributed by atoms with Crippen molar-refractivity contribution in [2.24, 2.45) is 5.73 Å². The van der Waals surface area contributed by atoms with Gasteiger partial charge in [-0.15, -0.1) is 11.3 Å². The summed E-state index contributed by atoms with van der Waals surface area (Å²) in [6.07, 6.45) is 0. The monoisotopic (exact) mass is 470 g/mol. The van der Waals surface area contributed by atoms with E-state index < -0.39 is 0 Å². The van der Waals surface area contributed by atoms with E-state index in [2.05, 4.69) is 53.1 Å². The fourth-order valence-corrected chi connectivity index (χ4v) is 4.10. The summed E-state index contributed by atoms with van der Waals surface area (Å²) in [5, 5.41) is 3.30. The average Bonchev–Trinajstić information content (AvgIpc) is 2.71. The van der Waals surface area contributed by atoms with Crippen LogP contribution < -0.4 is 11.1 Å². The molecule has 0 bridgehead atoms. The molecular formula is C12H10Br3FN2S. The number of rotatable bonds is 4. The van der Waals surface area contributed by atoms with Crippen LogP contribution in [0.1, 0.15) is 10.9 Å². The van der Waals surface area contributed by atoms with E-state index in [1.54, 1.807) is 23.5 Å². The molecule has 0 spiro atoms. The van der Waals surface area contributed by atoms with Crippen LogP contribution in [0.3, 0.4) is 0 Å². The number of hydrogen-bond acceptors (Lipinski definition) is 3. The van der Waals surface area contributed by atoms with E-state index >= 15 is 0 Å². The third-order valence-electron chi connectivity index (χ3n) is 2.50. The summed E-state index contributed by atoms with van der Waals surface area (Å²) in [7, 11) is 0. The van der Waals surface area contributed by atoms with Gasteiger partial charge in [-0.1, -0.05) is 0 Å². The van der Waals surface area contributed by atoms with Gasteiger partial charge in [-0.2, -0.15) is 0 Å². The van der Waals surface area contributed by atoms with Crippen molar-refractivity contribution >= 4 is 64.8 Å². The Morgan fingerprint density at radius 1 is 1.21 bits per heavy atom. The van der Waals surface area contributed by atoms with E-state index in [0.29, 0.717) is 11.0 Å². The third-order valence-corrected chi connectivity index (χ3v) is 6.48. The summed E-state index contributed by atoms with van der Waals surface area (Å²) >= 11 is 11.7. The zero-order chi connectivity index (χ0) is 14.0. The van der Waals surface area contributed by atoms with Crippen molar-refractivity contribution in [3.05, 3.63) is 47.7 Å². The molecular weight excluding hydrogens is 463 g/mol. The Kier molecular flexibility index (Phi) is 5.42. The van der Waals surface area contributed by atoms with Gasteiger partial charge in [0.2, 0.25) is 0 Å². The molecule has 0 aliphatic heterocycles. The fraction of sp³-hybridized carbons (Fsp3) is 0.167. The molecule has 1 unspecified atom stereocenters. The van der Waals surface area contributed by atoms with Crippen molar-refractivity contribution < 1.29 is 4.39 Å². The van der Waals surface area contributed by atoms with Gasteiger partial charge in [-0.3, -0.25) is 0 Å². The maximum absolute atomic E-state index is 13.2. The quantitative estimate of drug-likeness (QED) is 0.634. The van der Waals surface area contributed by atoms with Crippen LogP contribution in [-0.2, 0) is 0 Å². The Hall–Kier alpha value is 0.0500. The Morgan fingerprint density at radius 2 is 1.95 bits per heavy atom. The minimum absolute atomic E-state index is 0.00930. The van der Waals surface area contributed by atoms with Gasteiger partial charge in [-0.05, 0) is 72.1 Å². The molecule has 7 heteroatoms. The standard InChI is InChI=1S/C12H10Br3FN2S/c13-7-3-6(1-2-9(7)16)18-10(5-17)11-4-8(14)12(15)19-11/h1-4,10,18H,5,17H2. The first kappa shape index (κ1) is 15.4. The molecule has 1 aromatic carbocycles. The summed E-state index contributed by atoms with van der Waals surface area (Å²) in [6.45, 7) is 0.453. The largest absolute Gasteiger partial charge is 0.376 e. The van der Waals surface area contributed by atoms with Crippen LogP contribution >= 0.6 is 59.1 Å². The molecule has 0 amide bonds. The van der Waals surface area contributed by atoms with Gasteiger partial charge in [0.15, 0.2) is 0 Å². The molecule has 0 aliphatic rings. The molecule has 1 heterocycles. The first-order chi connectivity index (χ1) is 9.01. The minimum Gasteiger partial charge on any atom is -0.376 e. The maximum Gasteiger partial charge on any atom is 0.137 e. The van der Waals surface area contributed by atoms with Crippen LogP contribution in [0, 0.1) is 5.82 Å².